The third-order valence-corrected chi connectivity index (χ3v) is 6.48. The molecule has 1 aliphatic rings. The molecule has 1 heterocycles. The van der Waals surface area contributed by atoms with Crippen molar-refractivity contribution in [3.63, 3.8) is 0 Å². The van der Waals surface area contributed by atoms with Crippen LogP contribution in [0.25, 0.3) is 0 Å². The van der Waals surface area contributed by atoms with Crippen molar-refractivity contribution < 1.29 is 22.3 Å². The lowest BCUT2D eigenvalue weighted by atomic mass is 10.00. The first kappa shape index (κ1) is 19.3. The maximum atomic E-state index is 13.6. The average molecular weight is 392 g/mol. The molecule has 2 aromatic carbocycles. The summed E-state index contributed by atoms with van der Waals surface area (Å²) in [7, 11) is -1.47. The summed E-state index contributed by atoms with van der Waals surface area (Å²) in [6, 6.07) is 11.1. The van der Waals surface area contributed by atoms with Gasteiger partial charge in [-0.25, -0.2) is 12.8 Å². The predicted molar refractivity (Wildman–Crippen MR) is 98.3 cm³/mol. The number of fused-ring (bicyclic) bond motifs is 1. The highest BCUT2D eigenvalue weighted by atomic mass is 32.2. The van der Waals surface area contributed by atoms with Crippen molar-refractivity contribution in [3.8, 4) is 5.75 Å². The molecule has 0 fully saturated rings. The third-order valence-electron chi connectivity index (χ3n) is 4.66. The molecule has 1 aliphatic heterocycles. The first-order valence-electron chi connectivity index (χ1n) is 8.47. The molecule has 0 atom stereocenters. The van der Waals surface area contributed by atoms with E-state index in [1.165, 1.54) is 25.8 Å². The van der Waals surface area contributed by atoms with Crippen LogP contribution in [0, 0.1) is 5.82 Å². The van der Waals surface area contributed by atoms with Gasteiger partial charge < -0.3 is 9.64 Å². The molecule has 0 N–H and O–H groups in total. The molecule has 0 bridgehead atoms. The summed E-state index contributed by atoms with van der Waals surface area (Å²) in [6.07, 6.45) is 0.732. The number of ether oxygens (including phenoxy) is 1. The van der Waals surface area contributed by atoms with E-state index >= 15 is 0 Å². The third kappa shape index (κ3) is 3.96. The molecule has 0 saturated heterocycles. The summed E-state index contributed by atoms with van der Waals surface area (Å²) in [5, 5.41) is 0. The van der Waals surface area contributed by atoms with E-state index in [0.29, 0.717) is 13.1 Å². The molecule has 2 aromatic rings. The van der Waals surface area contributed by atoms with Crippen LogP contribution >= 0.6 is 0 Å². The highest BCUT2D eigenvalue weighted by Crippen LogP contribution is 2.27. The van der Waals surface area contributed by atoms with Crippen LogP contribution in [0.15, 0.2) is 47.4 Å². The van der Waals surface area contributed by atoms with E-state index in [9.17, 15) is 17.6 Å². The summed E-state index contributed by atoms with van der Waals surface area (Å²) < 4.78 is 45.1. The van der Waals surface area contributed by atoms with E-state index in [2.05, 4.69) is 0 Å². The second kappa shape index (κ2) is 7.66. The molecule has 27 heavy (non-hydrogen) atoms. The number of halogens is 1. The van der Waals surface area contributed by atoms with E-state index in [1.54, 1.807) is 4.90 Å². The van der Waals surface area contributed by atoms with Crippen LogP contribution in [0.4, 0.5) is 4.39 Å². The Hall–Kier alpha value is -2.45. The molecule has 144 valence electrons. The quantitative estimate of drug-likeness (QED) is 0.781. The molecule has 8 heteroatoms. The Labute approximate surface area is 158 Å². The van der Waals surface area contributed by atoms with Crippen molar-refractivity contribution in [1.29, 1.82) is 0 Å². The van der Waals surface area contributed by atoms with Gasteiger partial charge in [-0.05, 0) is 35.7 Å². The van der Waals surface area contributed by atoms with Crippen molar-refractivity contribution in [3.05, 3.63) is 59.4 Å². The number of methoxy groups -OCH3 is 1. The van der Waals surface area contributed by atoms with Gasteiger partial charge in [-0.2, -0.15) is 4.31 Å². The number of hydrogen-bond acceptors (Lipinski definition) is 4. The Morgan fingerprint density at radius 2 is 1.93 bits per heavy atom. The predicted octanol–water partition coefficient (Wildman–Crippen LogP) is 2.04. The van der Waals surface area contributed by atoms with Crippen molar-refractivity contribution in [2.75, 3.05) is 27.2 Å². The number of nitrogens with zero attached hydrogens (tertiary/aromatic N) is 2. The van der Waals surface area contributed by atoms with E-state index in [0.717, 1.165) is 28.4 Å². The second-order valence-corrected chi connectivity index (χ2v) is 8.40. The van der Waals surface area contributed by atoms with Crippen LogP contribution in [-0.2, 0) is 27.8 Å². The zero-order chi connectivity index (χ0) is 19.6. The van der Waals surface area contributed by atoms with Crippen molar-refractivity contribution in [2.45, 2.75) is 17.9 Å². The topological polar surface area (TPSA) is 66.9 Å². The molecular weight excluding hydrogens is 371 g/mol. The number of carbonyl (C=O) groups excluding carboxylic acids is 1. The molecule has 0 aliphatic carbocycles. The van der Waals surface area contributed by atoms with Crippen molar-refractivity contribution in [2.24, 2.45) is 0 Å². The van der Waals surface area contributed by atoms with Gasteiger partial charge in [0, 0.05) is 20.1 Å². The zero-order valence-electron chi connectivity index (χ0n) is 15.2. The lowest BCUT2D eigenvalue weighted by molar-refractivity contribution is -0.132. The number of sulfonamides is 1. The standard InChI is InChI=1S/C19H21FN2O4S/c1-21(27(24,25)18-11-16(20)7-8-17(18)26-2)13-19(23)22-10-9-14-5-3-4-6-15(14)12-22/h3-8,11H,9-10,12-13H2,1-2H3. The van der Waals surface area contributed by atoms with Gasteiger partial charge in [0.2, 0.25) is 15.9 Å². The van der Waals surface area contributed by atoms with Gasteiger partial charge in [0.05, 0.1) is 13.7 Å². The molecule has 0 spiro atoms. The normalized spacial score (nSPS) is 14.1. The largest absolute Gasteiger partial charge is 0.495 e. The molecule has 1 amide bonds. The van der Waals surface area contributed by atoms with Gasteiger partial charge >= 0.3 is 0 Å². The van der Waals surface area contributed by atoms with E-state index in [-0.39, 0.29) is 23.1 Å². The summed E-state index contributed by atoms with van der Waals surface area (Å²) in [5.74, 6) is -0.963. The number of hydrogen-bond donors (Lipinski definition) is 0. The van der Waals surface area contributed by atoms with E-state index < -0.39 is 15.8 Å². The fourth-order valence-corrected chi connectivity index (χ4v) is 4.39. The molecule has 6 nitrogen and oxygen atoms in total. The first-order chi connectivity index (χ1) is 12.8. The molecular formula is C19H21FN2O4S. The lowest BCUT2D eigenvalue weighted by Gasteiger charge is -2.30. The summed E-state index contributed by atoms with van der Waals surface area (Å²) in [5.41, 5.74) is 2.27. The van der Waals surface area contributed by atoms with Gasteiger partial charge in [-0.3, -0.25) is 4.79 Å². The number of likely N-dealkylation sites (N-methyl/N-ethyl adjacent to an activating group) is 1. The molecule has 0 aromatic heterocycles. The monoisotopic (exact) mass is 392 g/mol. The number of benzene rings is 2. The minimum Gasteiger partial charge on any atom is -0.495 e. The summed E-state index contributed by atoms with van der Waals surface area (Å²) >= 11 is 0. The molecule has 3 rings (SSSR count). The SMILES string of the molecule is COc1ccc(F)cc1S(=O)(=O)N(C)CC(=O)N1CCc2ccccc2C1. The van der Waals surface area contributed by atoms with Gasteiger partial charge in [0.1, 0.15) is 16.5 Å². The Balaban J connectivity index is 1.76. The van der Waals surface area contributed by atoms with E-state index in [4.69, 9.17) is 4.74 Å². The smallest absolute Gasteiger partial charge is 0.247 e. The number of amides is 1. The fraction of sp³-hybridized carbons (Fsp3) is 0.316. The molecule has 0 unspecified atom stereocenters. The van der Waals surface area contributed by atoms with Gasteiger partial charge in [-0.1, -0.05) is 24.3 Å². The fourth-order valence-electron chi connectivity index (χ4n) is 3.10. The van der Waals surface area contributed by atoms with Crippen LogP contribution in [0.2, 0.25) is 0 Å². The Morgan fingerprint density at radius 1 is 1.22 bits per heavy atom. The van der Waals surface area contributed by atoms with E-state index in [1.807, 2.05) is 24.3 Å². The maximum Gasteiger partial charge on any atom is 0.247 e. The molecule has 0 radical (unpaired) electrons. The highest BCUT2D eigenvalue weighted by molar-refractivity contribution is 7.89. The summed E-state index contributed by atoms with van der Waals surface area (Å²) in [6.45, 7) is 0.656. The summed E-state index contributed by atoms with van der Waals surface area (Å²) in [4.78, 5) is 14.0. The second-order valence-electron chi connectivity index (χ2n) is 6.39. The number of carbonyl (C=O) groups is 1. The number of rotatable bonds is 5. The average Bonchev–Trinajstić information content (AvgIpc) is 2.67. The van der Waals surface area contributed by atoms with Crippen LogP contribution < -0.4 is 4.74 Å². The Morgan fingerprint density at radius 3 is 2.63 bits per heavy atom. The van der Waals surface area contributed by atoms with Crippen LogP contribution in [0.1, 0.15) is 11.1 Å². The van der Waals surface area contributed by atoms with Crippen molar-refractivity contribution >= 4 is 15.9 Å². The maximum absolute atomic E-state index is 13.6. The first-order valence-corrected chi connectivity index (χ1v) is 9.91. The van der Waals surface area contributed by atoms with Crippen molar-refractivity contribution in [1.82, 2.24) is 9.21 Å². The van der Waals surface area contributed by atoms with Gasteiger partial charge in [-0.15, -0.1) is 0 Å². The van der Waals surface area contributed by atoms with Gasteiger partial charge in [0.25, 0.3) is 0 Å². The highest BCUT2D eigenvalue weighted by Gasteiger charge is 2.29. The Kier molecular flexibility index (Phi) is 5.48. The zero-order valence-corrected chi connectivity index (χ0v) is 16.0. The Bertz CT molecular complexity index is 962. The van der Waals surface area contributed by atoms with Crippen LogP contribution in [0.3, 0.4) is 0 Å². The lowest BCUT2D eigenvalue weighted by Crippen LogP contribution is -2.43. The van der Waals surface area contributed by atoms with Gasteiger partial charge in [0.15, 0.2) is 0 Å². The minimum atomic E-state index is -4.08. The minimum absolute atomic E-state index is 0.0302. The van der Waals surface area contributed by atoms with Crippen LogP contribution in [-0.4, -0.2) is 50.8 Å². The van der Waals surface area contributed by atoms with Crippen LogP contribution in [0.5, 0.6) is 5.75 Å². The molecule has 0 saturated carbocycles.